The summed E-state index contributed by atoms with van der Waals surface area (Å²) in [6.07, 6.45) is -2.85. The van der Waals surface area contributed by atoms with Gasteiger partial charge in [-0.25, -0.2) is 0 Å². The first-order valence-corrected chi connectivity index (χ1v) is 7.62. The summed E-state index contributed by atoms with van der Waals surface area (Å²) in [5, 5.41) is 13.7. The van der Waals surface area contributed by atoms with Gasteiger partial charge in [-0.1, -0.05) is 24.3 Å². The molecule has 0 aliphatic carbocycles. The molecule has 0 spiro atoms. The number of nitrogens with one attached hydrogen (secondary N) is 1. The Balaban J connectivity index is 1.54. The molecule has 2 aromatic rings. The zero-order chi connectivity index (χ0) is 17.2. The van der Waals surface area contributed by atoms with Crippen LogP contribution in [0, 0.1) is 5.92 Å². The first kappa shape index (κ1) is 16.4. The van der Waals surface area contributed by atoms with Crippen molar-refractivity contribution in [1.29, 1.82) is 0 Å². The SMILES string of the molecule is O=C(N1CCC(Cc2ccc(-c3nn[nH]n3)cc2)CC1)C(F)(F)F. The Bertz CT molecular complexity index is 676. The number of rotatable bonds is 3. The highest BCUT2D eigenvalue weighted by Gasteiger charge is 2.43. The average molecular weight is 339 g/mol. The van der Waals surface area contributed by atoms with Gasteiger partial charge in [0.2, 0.25) is 5.82 Å². The molecule has 24 heavy (non-hydrogen) atoms. The molecule has 9 heteroatoms. The highest BCUT2D eigenvalue weighted by Crippen LogP contribution is 2.26. The zero-order valence-corrected chi connectivity index (χ0v) is 12.8. The first-order chi connectivity index (χ1) is 11.4. The third kappa shape index (κ3) is 3.72. The molecule has 0 unspecified atom stereocenters. The second-order valence-electron chi connectivity index (χ2n) is 5.87. The number of amides is 1. The van der Waals surface area contributed by atoms with Gasteiger partial charge in [-0.15, -0.1) is 10.2 Å². The van der Waals surface area contributed by atoms with Crippen LogP contribution < -0.4 is 0 Å². The largest absolute Gasteiger partial charge is 0.471 e. The maximum atomic E-state index is 12.4. The number of nitrogens with zero attached hydrogens (tertiary/aromatic N) is 4. The van der Waals surface area contributed by atoms with E-state index in [0.717, 1.165) is 22.4 Å². The molecule has 1 aliphatic heterocycles. The van der Waals surface area contributed by atoms with Crippen LogP contribution >= 0.6 is 0 Å². The Morgan fingerprint density at radius 2 is 1.88 bits per heavy atom. The molecule has 0 saturated carbocycles. The van der Waals surface area contributed by atoms with Crippen molar-refractivity contribution in [3.05, 3.63) is 29.8 Å². The molecule has 0 radical (unpaired) electrons. The van der Waals surface area contributed by atoms with Gasteiger partial charge >= 0.3 is 12.1 Å². The molecule has 0 bridgehead atoms. The molecule has 1 aliphatic rings. The van der Waals surface area contributed by atoms with Crippen LogP contribution in [0.3, 0.4) is 0 Å². The van der Waals surface area contributed by atoms with E-state index in [2.05, 4.69) is 20.6 Å². The van der Waals surface area contributed by atoms with Crippen molar-refractivity contribution >= 4 is 5.91 Å². The maximum absolute atomic E-state index is 12.4. The maximum Gasteiger partial charge on any atom is 0.471 e. The molecule has 2 heterocycles. The Labute approximate surface area is 136 Å². The van der Waals surface area contributed by atoms with Crippen LogP contribution in [0.1, 0.15) is 18.4 Å². The second-order valence-corrected chi connectivity index (χ2v) is 5.87. The van der Waals surface area contributed by atoms with Crippen molar-refractivity contribution in [3.8, 4) is 11.4 Å². The fourth-order valence-electron chi connectivity index (χ4n) is 2.93. The Kier molecular flexibility index (Phi) is 4.50. The third-order valence-electron chi connectivity index (χ3n) is 4.23. The van der Waals surface area contributed by atoms with Crippen molar-refractivity contribution in [2.75, 3.05) is 13.1 Å². The van der Waals surface area contributed by atoms with Crippen LogP contribution in [0.5, 0.6) is 0 Å². The van der Waals surface area contributed by atoms with Gasteiger partial charge in [0, 0.05) is 18.7 Å². The third-order valence-corrected chi connectivity index (χ3v) is 4.23. The molecule has 1 N–H and O–H groups in total. The van der Waals surface area contributed by atoms with Crippen LogP contribution in [0.2, 0.25) is 0 Å². The summed E-state index contributed by atoms with van der Waals surface area (Å²) in [4.78, 5) is 12.1. The van der Waals surface area contributed by atoms with Crippen LogP contribution in [-0.2, 0) is 11.2 Å². The summed E-state index contributed by atoms with van der Waals surface area (Å²) in [7, 11) is 0. The number of halogens is 3. The number of carbonyl (C=O) groups excluding carboxylic acids is 1. The molecule has 1 saturated heterocycles. The van der Waals surface area contributed by atoms with Crippen LogP contribution in [0.25, 0.3) is 11.4 Å². The van der Waals surface area contributed by atoms with Crippen LogP contribution in [0.4, 0.5) is 13.2 Å². The summed E-state index contributed by atoms with van der Waals surface area (Å²) in [5.41, 5.74) is 1.95. The lowest BCUT2D eigenvalue weighted by molar-refractivity contribution is -0.186. The number of carbonyl (C=O) groups is 1. The summed E-state index contributed by atoms with van der Waals surface area (Å²) in [5.74, 6) is -0.941. The predicted octanol–water partition coefficient (Wildman–Crippen LogP) is 2.21. The lowest BCUT2D eigenvalue weighted by atomic mass is 9.90. The number of hydrogen-bond acceptors (Lipinski definition) is 4. The Morgan fingerprint density at radius 1 is 1.21 bits per heavy atom. The van der Waals surface area contributed by atoms with Gasteiger partial charge in [0.05, 0.1) is 0 Å². The van der Waals surface area contributed by atoms with E-state index in [1.807, 2.05) is 24.3 Å². The van der Waals surface area contributed by atoms with E-state index in [1.165, 1.54) is 0 Å². The van der Waals surface area contributed by atoms with Gasteiger partial charge in [0.25, 0.3) is 0 Å². The van der Waals surface area contributed by atoms with Crippen molar-refractivity contribution in [1.82, 2.24) is 25.5 Å². The Morgan fingerprint density at radius 3 is 2.42 bits per heavy atom. The minimum atomic E-state index is -4.78. The van der Waals surface area contributed by atoms with E-state index in [-0.39, 0.29) is 19.0 Å². The van der Waals surface area contributed by atoms with Gasteiger partial charge in [0.15, 0.2) is 0 Å². The second kappa shape index (κ2) is 6.58. The summed E-state index contributed by atoms with van der Waals surface area (Å²) >= 11 is 0. The lowest BCUT2D eigenvalue weighted by Crippen LogP contribution is -2.45. The van der Waals surface area contributed by atoms with Crippen LogP contribution in [0.15, 0.2) is 24.3 Å². The fraction of sp³-hybridized carbons (Fsp3) is 0.467. The summed E-state index contributed by atoms with van der Waals surface area (Å²) in [6, 6.07) is 7.70. The summed E-state index contributed by atoms with van der Waals surface area (Å²) in [6.45, 7) is 0.313. The number of piperidine rings is 1. The van der Waals surface area contributed by atoms with Crippen molar-refractivity contribution in [2.24, 2.45) is 5.92 Å². The molecule has 1 aromatic heterocycles. The molecule has 128 valence electrons. The standard InChI is InChI=1S/C15H16F3N5O/c16-15(17,18)14(24)23-7-5-11(6-8-23)9-10-1-3-12(4-2-10)13-19-21-22-20-13/h1-4,11H,5-9H2,(H,19,20,21,22). The smallest absolute Gasteiger partial charge is 0.335 e. The molecule has 6 nitrogen and oxygen atoms in total. The van der Waals surface area contributed by atoms with E-state index in [9.17, 15) is 18.0 Å². The molecule has 0 atom stereocenters. The van der Waals surface area contributed by atoms with E-state index in [4.69, 9.17) is 0 Å². The van der Waals surface area contributed by atoms with Crippen molar-refractivity contribution in [3.63, 3.8) is 0 Å². The molecule has 1 fully saturated rings. The topological polar surface area (TPSA) is 74.8 Å². The van der Waals surface area contributed by atoms with Crippen molar-refractivity contribution in [2.45, 2.75) is 25.4 Å². The van der Waals surface area contributed by atoms with Gasteiger partial charge < -0.3 is 4.90 Å². The summed E-state index contributed by atoms with van der Waals surface area (Å²) < 4.78 is 37.3. The minimum Gasteiger partial charge on any atom is -0.335 e. The minimum absolute atomic E-state index is 0.157. The van der Waals surface area contributed by atoms with Crippen molar-refractivity contribution < 1.29 is 18.0 Å². The first-order valence-electron chi connectivity index (χ1n) is 7.62. The van der Waals surface area contributed by atoms with Gasteiger partial charge in [-0.2, -0.15) is 18.4 Å². The van der Waals surface area contributed by atoms with Gasteiger partial charge in [-0.3, -0.25) is 4.79 Å². The zero-order valence-electron chi connectivity index (χ0n) is 12.8. The van der Waals surface area contributed by atoms with Crippen LogP contribution in [-0.4, -0.2) is 50.7 Å². The number of tetrazole rings is 1. The number of benzene rings is 1. The molecular formula is C15H16F3N5O. The van der Waals surface area contributed by atoms with E-state index in [0.29, 0.717) is 18.7 Å². The molecular weight excluding hydrogens is 323 g/mol. The highest BCUT2D eigenvalue weighted by molar-refractivity contribution is 5.81. The number of likely N-dealkylation sites (tertiary alicyclic amines) is 1. The van der Waals surface area contributed by atoms with E-state index < -0.39 is 12.1 Å². The van der Waals surface area contributed by atoms with E-state index >= 15 is 0 Å². The number of aromatic nitrogens is 4. The number of H-pyrrole nitrogens is 1. The van der Waals surface area contributed by atoms with E-state index in [1.54, 1.807) is 0 Å². The molecule has 3 rings (SSSR count). The molecule has 1 amide bonds. The number of hydrogen-bond donors (Lipinski definition) is 1. The van der Waals surface area contributed by atoms with Gasteiger partial charge in [0.1, 0.15) is 0 Å². The monoisotopic (exact) mass is 339 g/mol. The van der Waals surface area contributed by atoms with Gasteiger partial charge in [-0.05, 0) is 36.0 Å². The number of alkyl halides is 3. The Hall–Kier alpha value is -2.45. The highest BCUT2D eigenvalue weighted by atomic mass is 19.4. The quantitative estimate of drug-likeness (QED) is 0.930. The number of aromatic amines is 1. The lowest BCUT2D eigenvalue weighted by Gasteiger charge is -2.32. The normalized spacial score (nSPS) is 16.4. The molecule has 1 aromatic carbocycles. The predicted molar refractivity (Wildman–Crippen MR) is 78.7 cm³/mol. The fourth-order valence-corrected chi connectivity index (χ4v) is 2.93. The average Bonchev–Trinajstić information content (AvgIpc) is 3.09.